The summed E-state index contributed by atoms with van der Waals surface area (Å²) in [6.45, 7) is 0.563. The zero-order chi connectivity index (χ0) is 16.8. The molecule has 1 aliphatic rings. The molecule has 0 unspecified atom stereocenters. The van der Waals surface area contributed by atoms with Crippen LogP contribution in [-0.2, 0) is 21.0 Å². The molecule has 0 amide bonds. The first-order valence-electron chi connectivity index (χ1n) is 7.39. The Morgan fingerprint density at radius 2 is 1.21 bits per heavy atom. The lowest BCUT2D eigenvalue weighted by Crippen LogP contribution is -2.09. The van der Waals surface area contributed by atoms with E-state index < -0.39 is 11.9 Å². The van der Waals surface area contributed by atoms with Crippen molar-refractivity contribution in [2.45, 2.75) is 11.5 Å². The maximum Gasteiger partial charge on any atom is 0.374 e. The van der Waals surface area contributed by atoms with Crippen LogP contribution in [0.1, 0.15) is 32.6 Å². The largest absolute Gasteiger partial charge is 0.459 e. The number of hydrogen-bond acceptors (Lipinski definition) is 8. The highest BCUT2D eigenvalue weighted by molar-refractivity contribution is 7.99. The second-order valence-electron chi connectivity index (χ2n) is 4.91. The molecule has 128 valence electrons. The van der Waals surface area contributed by atoms with Gasteiger partial charge in [-0.05, 0) is 24.3 Å². The van der Waals surface area contributed by atoms with Gasteiger partial charge in [-0.3, -0.25) is 0 Å². The van der Waals surface area contributed by atoms with Gasteiger partial charge < -0.3 is 18.3 Å². The molecule has 24 heavy (non-hydrogen) atoms. The van der Waals surface area contributed by atoms with Gasteiger partial charge in [0.15, 0.2) is 0 Å². The molecule has 8 heteroatoms. The van der Waals surface area contributed by atoms with E-state index in [0.717, 1.165) is 0 Å². The van der Waals surface area contributed by atoms with Gasteiger partial charge in [-0.2, -0.15) is 11.8 Å². The molecule has 1 aliphatic heterocycles. The quantitative estimate of drug-likeness (QED) is 0.655. The van der Waals surface area contributed by atoms with Gasteiger partial charge in [-0.15, -0.1) is 11.8 Å². The number of cyclic esters (lactones) is 2. The lowest BCUT2D eigenvalue weighted by molar-refractivity contribution is 0.0489. The van der Waals surface area contributed by atoms with Gasteiger partial charge in [0.05, 0.1) is 11.5 Å². The Kier molecular flexibility index (Phi) is 5.92. The zero-order valence-corrected chi connectivity index (χ0v) is 14.5. The fourth-order valence-electron chi connectivity index (χ4n) is 2.01. The summed E-state index contributed by atoms with van der Waals surface area (Å²) < 4.78 is 21.3. The van der Waals surface area contributed by atoms with Crippen molar-refractivity contribution in [1.29, 1.82) is 0 Å². The van der Waals surface area contributed by atoms with E-state index in [2.05, 4.69) is 0 Å². The Morgan fingerprint density at radius 3 is 1.71 bits per heavy atom. The van der Waals surface area contributed by atoms with Gasteiger partial charge in [0, 0.05) is 11.5 Å². The predicted octanol–water partition coefficient (Wildman–Crippen LogP) is 3.37. The second kappa shape index (κ2) is 8.34. The molecule has 0 aromatic carbocycles. The van der Waals surface area contributed by atoms with E-state index in [1.54, 1.807) is 36.0 Å². The van der Waals surface area contributed by atoms with E-state index in [-0.39, 0.29) is 24.7 Å². The van der Waals surface area contributed by atoms with E-state index in [4.69, 9.17) is 18.3 Å². The van der Waals surface area contributed by atoms with Crippen molar-refractivity contribution >= 4 is 35.5 Å². The standard InChI is InChI=1S/C16H16O6S2/c17-15-13-3-1-11(21-13)9-24-10-12-2-4-14(22-12)16(18)20-6-8-23-7-5-19-15/h1-4H,5-10H2. The lowest BCUT2D eigenvalue weighted by Gasteiger charge is -2.05. The highest BCUT2D eigenvalue weighted by Crippen LogP contribution is 2.22. The minimum absolute atomic E-state index is 0.214. The molecule has 0 aliphatic carbocycles. The average molecular weight is 368 g/mol. The third-order valence-electron chi connectivity index (χ3n) is 3.14. The average Bonchev–Trinajstić information content (AvgIpc) is 3.22. The van der Waals surface area contributed by atoms with Gasteiger partial charge in [-0.25, -0.2) is 9.59 Å². The molecule has 2 aromatic rings. The van der Waals surface area contributed by atoms with Gasteiger partial charge in [0.1, 0.15) is 24.7 Å². The third kappa shape index (κ3) is 4.61. The summed E-state index contributed by atoms with van der Waals surface area (Å²) in [4.78, 5) is 23.7. The number of esters is 2. The van der Waals surface area contributed by atoms with E-state index in [1.807, 2.05) is 0 Å². The van der Waals surface area contributed by atoms with Crippen molar-refractivity contribution in [3.05, 3.63) is 47.3 Å². The Labute approximate surface area is 147 Å². The molecule has 0 atom stereocenters. The summed E-state index contributed by atoms with van der Waals surface area (Å²) in [5.74, 6) is 3.30. The van der Waals surface area contributed by atoms with Crippen molar-refractivity contribution in [3.63, 3.8) is 0 Å². The summed E-state index contributed by atoms with van der Waals surface area (Å²) in [5, 5.41) is 0. The lowest BCUT2D eigenvalue weighted by atomic mass is 10.4. The van der Waals surface area contributed by atoms with E-state index in [9.17, 15) is 9.59 Å². The van der Waals surface area contributed by atoms with Crippen molar-refractivity contribution in [2.75, 3.05) is 24.7 Å². The van der Waals surface area contributed by atoms with Crippen LogP contribution < -0.4 is 0 Å². The molecule has 0 radical (unpaired) electrons. The maximum absolute atomic E-state index is 11.8. The van der Waals surface area contributed by atoms with Gasteiger partial charge in [0.2, 0.25) is 11.5 Å². The molecule has 3 rings (SSSR count). The molecular formula is C16H16O6S2. The van der Waals surface area contributed by atoms with E-state index in [1.165, 1.54) is 11.8 Å². The molecule has 2 aromatic heterocycles. The Balaban J connectivity index is 1.66. The predicted molar refractivity (Wildman–Crippen MR) is 90.3 cm³/mol. The summed E-state index contributed by atoms with van der Waals surface area (Å²) in [7, 11) is 0. The van der Waals surface area contributed by atoms with Crippen LogP contribution in [0, 0.1) is 0 Å². The number of carbonyl (C=O) groups excluding carboxylic acids is 2. The van der Waals surface area contributed by atoms with Crippen LogP contribution in [0.15, 0.2) is 33.1 Å². The summed E-state index contributed by atoms with van der Waals surface area (Å²) in [6.07, 6.45) is 0. The smallest absolute Gasteiger partial charge is 0.374 e. The van der Waals surface area contributed by atoms with Crippen LogP contribution in [0.3, 0.4) is 0 Å². The van der Waals surface area contributed by atoms with E-state index >= 15 is 0 Å². The first-order valence-corrected chi connectivity index (χ1v) is 9.70. The zero-order valence-electron chi connectivity index (χ0n) is 12.8. The third-order valence-corrected chi connectivity index (χ3v) is 5.02. The number of rotatable bonds is 0. The van der Waals surface area contributed by atoms with Crippen molar-refractivity contribution in [2.24, 2.45) is 0 Å². The Morgan fingerprint density at radius 1 is 0.708 bits per heavy atom. The van der Waals surface area contributed by atoms with Crippen LogP contribution in [-0.4, -0.2) is 36.7 Å². The van der Waals surface area contributed by atoms with Crippen molar-refractivity contribution in [3.8, 4) is 0 Å². The fraction of sp³-hybridized carbons (Fsp3) is 0.375. The molecule has 0 fully saturated rings. The minimum Gasteiger partial charge on any atom is -0.459 e. The summed E-state index contributed by atoms with van der Waals surface area (Å²) in [5.41, 5.74) is 0. The molecule has 6 nitrogen and oxygen atoms in total. The SMILES string of the molecule is O=C1OCCSCCOC(=O)c2ccc(o2)CSCc2ccc1o2. The van der Waals surface area contributed by atoms with Crippen molar-refractivity contribution < 1.29 is 27.9 Å². The highest BCUT2D eigenvalue weighted by Gasteiger charge is 2.15. The molecule has 3 heterocycles. The monoisotopic (exact) mass is 368 g/mol. The van der Waals surface area contributed by atoms with Crippen LogP contribution in [0.2, 0.25) is 0 Å². The van der Waals surface area contributed by atoms with Gasteiger partial charge in [-0.1, -0.05) is 0 Å². The van der Waals surface area contributed by atoms with Crippen LogP contribution in [0.5, 0.6) is 0 Å². The maximum atomic E-state index is 11.8. The van der Waals surface area contributed by atoms with E-state index in [0.29, 0.717) is 34.5 Å². The summed E-state index contributed by atoms with van der Waals surface area (Å²) in [6, 6.07) is 6.77. The number of fused-ring (bicyclic) bond motifs is 4. The van der Waals surface area contributed by atoms with Gasteiger partial charge >= 0.3 is 11.9 Å². The molecular weight excluding hydrogens is 352 g/mol. The first kappa shape index (κ1) is 17.0. The normalized spacial score (nSPS) is 17.5. The molecule has 4 bridgehead atoms. The number of carbonyl (C=O) groups is 2. The van der Waals surface area contributed by atoms with Gasteiger partial charge in [0.25, 0.3) is 0 Å². The topological polar surface area (TPSA) is 78.9 Å². The number of thioether (sulfide) groups is 2. The molecule has 0 saturated carbocycles. The highest BCUT2D eigenvalue weighted by atomic mass is 32.2. The summed E-state index contributed by atoms with van der Waals surface area (Å²) >= 11 is 3.09. The Hall–Kier alpha value is -1.80. The number of hydrogen-bond donors (Lipinski definition) is 0. The molecule has 0 spiro atoms. The Bertz CT molecular complexity index is 647. The van der Waals surface area contributed by atoms with Crippen LogP contribution in [0.4, 0.5) is 0 Å². The minimum atomic E-state index is -0.463. The first-order chi connectivity index (χ1) is 11.7. The number of furan rings is 2. The van der Waals surface area contributed by atoms with Crippen LogP contribution >= 0.6 is 23.5 Å². The fourth-order valence-corrected chi connectivity index (χ4v) is 3.43. The second-order valence-corrected chi connectivity index (χ2v) is 7.12. The molecule has 0 N–H and O–H groups in total. The molecule has 0 saturated heterocycles. The number of ether oxygens (including phenoxy) is 2. The van der Waals surface area contributed by atoms with Crippen LogP contribution in [0.25, 0.3) is 0 Å². The van der Waals surface area contributed by atoms with Crippen molar-refractivity contribution in [1.82, 2.24) is 0 Å².